The highest BCUT2D eigenvalue weighted by atomic mass is 17.3. The van der Waals surface area contributed by atoms with E-state index in [1.165, 1.54) is 5.56 Å². The van der Waals surface area contributed by atoms with E-state index in [9.17, 15) is 0 Å². The number of hydrogen-bond acceptors (Lipinski definition) is 2. The first-order chi connectivity index (χ1) is 6.83. The largest absolute Gasteiger partial charge is 0.265 e. The van der Waals surface area contributed by atoms with Gasteiger partial charge in [-0.3, -0.25) is 0 Å². The summed E-state index contributed by atoms with van der Waals surface area (Å²) in [7, 11) is 0. The standard InChI is InChI=1S/C11H14NO2/c1-3-13-14-12-9(2)8-10-6-4-5-7-11(10)12/h4-7H,3,8H2,1-2H3/q+1. The lowest BCUT2D eigenvalue weighted by Crippen LogP contribution is -2.11. The molecule has 3 heteroatoms. The van der Waals surface area contributed by atoms with Crippen LogP contribution in [0.3, 0.4) is 0 Å². The summed E-state index contributed by atoms with van der Waals surface area (Å²) in [6, 6.07) is 8.18. The first kappa shape index (κ1) is 9.21. The van der Waals surface area contributed by atoms with Crippen LogP contribution in [0.25, 0.3) is 0 Å². The zero-order chi connectivity index (χ0) is 9.97. The van der Waals surface area contributed by atoms with Crippen molar-refractivity contribution in [2.45, 2.75) is 20.3 Å². The quantitative estimate of drug-likeness (QED) is 0.416. The van der Waals surface area contributed by atoms with Crippen molar-refractivity contribution >= 4 is 11.4 Å². The summed E-state index contributed by atoms with van der Waals surface area (Å²) in [6.07, 6.45) is 0.934. The molecule has 1 heterocycles. The maximum Gasteiger partial charge on any atom is 0.265 e. The summed E-state index contributed by atoms with van der Waals surface area (Å²) in [6.45, 7) is 4.49. The van der Waals surface area contributed by atoms with Gasteiger partial charge in [-0.1, -0.05) is 23.2 Å². The van der Waals surface area contributed by atoms with Gasteiger partial charge >= 0.3 is 0 Å². The zero-order valence-corrected chi connectivity index (χ0v) is 8.49. The fourth-order valence-corrected chi connectivity index (χ4v) is 1.62. The molecule has 0 N–H and O–H groups in total. The van der Waals surface area contributed by atoms with Crippen LogP contribution in [0.15, 0.2) is 24.3 Å². The highest BCUT2D eigenvalue weighted by Crippen LogP contribution is 2.25. The zero-order valence-electron chi connectivity index (χ0n) is 8.49. The summed E-state index contributed by atoms with van der Waals surface area (Å²) in [4.78, 5) is 10.1. The molecule has 2 rings (SSSR count). The summed E-state index contributed by atoms with van der Waals surface area (Å²) in [5, 5.41) is 0. The first-order valence-corrected chi connectivity index (χ1v) is 4.83. The van der Waals surface area contributed by atoms with Crippen molar-refractivity contribution in [3.8, 4) is 0 Å². The van der Waals surface area contributed by atoms with E-state index in [0.29, 0.717) is 6.61 Å². The maximum atomic E-state index is 5.19. The molecule has 1 aromatic carbocycles. The van der Waals surface area contributed by atoms with Crippen molar-refractivity contribution in [1.29, 1.82) is 0 Å². The van der Waals surface area contributed by atoms with E-state index in [1.54, 1.807) is 4.74 Å². The Kier molecular flexibility index (Phi) is 2.50. The lowest BCUT2D eigenvalue weighted by atomic mass is 10.1. The van der Waals surface area contributed by atoms with Crippen LogP contribution >= 0.6 is 0 Å². The third-order valence-electron chi connectivity index (χ3n) is 2.25. The number of hydrogen-bond donors (Lipinski definition) is 0. The van der Waals surface area contributed by atoms with Gasteiger partial charge in [-0.05, 0) is 6.92 Å². The van der Waals surface area contributed by atoms with E-state index in [2.05, 4.69) is 6.07 Å². The first-order valence-electron chi connectivity index (χ1n) is 4.83. The van der Waals surface area contributed by atoms with Crippen molar-refractivity contribution in [1.82, 2.24) is 0 Å². The van der Waals surface area contributed by atoms with Crippen LogP contribution in [0.2, 0.25) is 0 Å². The molecule has 74 valence electrons. The number of benzene rings is 1. The third kappa shape index (κ3) is 1.51. The van der Waals surface area contributed by atoms with Crippen LogP contribution < -0.4 is 0 Å². The SMILES string of the molecule is CCOO[N+]1=C(C)Cc2ccccc21. The number of nitrogens with zero attached hydrogens (tertiary/aromatic N) is 1. The molecule has 0 bridgehead atoms. The molecule has 0 saturated heterocycles. The minimum Gasteiger partial charge on any atom is -0.128 e. The Balaban J connectivity index is 2.27. The molecule has 3 nitrogen and oxygen atoms in total. The van der Waals surface area contributed by atoms with E-state index in [0.717, 1.165) is 17.8 Å². The van der Waals surface area contributed by atoms with Crippen molar-refractivity contribution < 1.29 is 14.6 Å². The fourth-order valence-electron chi connectivity index (χ4n) is 1.62. The summed E-state index contributed by atoms with van der Waals surface area (Å²) >= 11 is 0. The van der Waals surface area contributed by atoms with Gasteiger partial charge in [0.15, 0.2) is 0 Å². The number of fused-ring (bicyclic) bond motifs is 1. The molecule has 0 unspecified atom stereocenters. The molecule has 0 spiro atoms. The van der Waals surface area contributed by atoms with E-state index >= 15 is 0 Å². The molecule has 0 aromatic heterocycles. The molecular weight excluding hydrogens is 178 g/mol. The number of rotatable bonds is 3. The second-order valence-corrected chi connectivity index (χ2v) is 3.32. The number of para-hydroxylation sites is 1. The highest BCUT2D eigenvalue weighted by molar-refractivity contribution is 5.84. The lowest BCUT2D eigenvalue weighted by molar-refractivity contribution is -0.826. The van der Waals surface area contributed by atoms with Gasteiger partial charge in [0.1, 0.15) is 0 Å². The molecule has 0 amide bonds. The molecule has 1 aliphatic heterocycles. The van der Waals surface area contributed by atoms with Gasteiger partial charge < -0.3 is 0 Å². The topological polar surface area (TPSA) is 21.5 Å². The summed E-state index contributed by atoms with van der Waals surface area (Å²) < 4.78 is 1.75. The molecular formula is C11H14NO2+. The third-order valence-corrected chi connectivity index (χ3v) is 2.25. The van der Waals surface area contributed by atoms with E-state index in [-0.39, 0.29) is 0 Å². The van der Waals surface area contributed by atoms with Gasteiger partial charge in [0.2, 0.25) is 5.71 Å². The molecule has 0 saturated carbocycles. The van der Waals surface area contributed by atoms with E-state index in [1.807, 2.05) is 32.0 Å². The Morgan fingerprint density at radius 1 is 1.36 bits per heavy atom. The van der Waals surface area contributed by atoms with Crippen LogP contribution in [-0.2, 0) is 16.3 Å². The van der Waals surface area contributed by atoms with Gasteiger partial charge in [0.25, 0.3) is 5.69 Å². The van der Waals surface area contributed by atoms with Crippen LogP contribution in [0.1, 0.15) is 19.4 Å². The molecule has 0 aliphatic carbocycles. The minimum absolute atomic E-state index is 0.548. The Labute approximate surface area is 83.5 Å². The van der Waals surface area contributed by atoms with Crippen LogP contribution in [-0.4, -0.2) is 17.1 Å². The van der Waals surface area contributed by atoms with Crippen LogP contribution in [0, 0.1) is 0 Å². The predicted molar refractivity (Wildman–Crippen MR) is 53.5 cm³/mol. The molecule has 0 fully saturated rings. The van der Waals surface area contributed by atoms with Crippen molar-refractivity contribution in [3.05, 3.63) is 29.8 Å². The van der Waals surface area contributed by atoms with Gasteiger partial charge in [-0.25, -0.2) is 0 Å². The minimum atomic E-state index is 0.548. The van der Waals surface area contributed by atoms with E-state index < -0.39 is 0 Å². The van der Waals surface area contributed by atoms with Crippen LogP contribution in [0.4, 0.5) is 5.69 Å². The maximum absolute atomic E-state index is 5.19. The van der Waals surface area contributed by atoms with Crippen molar-refractivity contribution in [2.75, 3.05) is 6.61 Å². The predicted octanol–water partition coefficient (Wildman–Crippen LogP) is 2.23. The molecule has 0 radical (unpaired) electrons. The Morgan fingerprint density at radius 2 is 2.14 bits per heavy atom. The molecule has 1 aromatic rings. The highest BCUT2D eigenvalue weighted by Gasteiger charge is 2.29. The summed E-state index contributed by atoms with van der Waals surface area (Å²) in [5.74, 6) is 0. The lowest BCUT2D eigenvalue weighted by Gasteiger charge is -1.97. The van der Waals surface area contributed by atoms with Crippen molar-refractivity contribution in [3.63, 3.8) is 0 Å². The van der Waals surface area contributed by atoms with Crippen molar-refractivity contribution in [2.24, 2.45) is 0 Å². The van der Waals surface area contributed by atoms with Crippen LogP contribution in [0.5, 0.6) is 0 Å². The molecule has 14 heavy (non-hydrogen) atoms. The second kappa shape index (κ2) is 3.80. The van der Waals surface area contributed by atoms with Gasteiger partial charge in [0, 0.05) is 18.6 Å². The smallest absolute Gasteiger partial charge is 0.128 e. The summed E-state index contributed by atoms with van der Waals surface area (Å²) in [5.41, 5.74) is 3.52. The normalized spacial score (nSPS) is 14.4. The molecule has 0 atom stereocenters. The Bertz CT molecular complexity index is 371. The monoisotopic (exact) mass is 192 g/mol. The average molecular weight is 192 g/mol. The van der Waals surface area contributed by atoms with E-state index in [4.69, 9.17) is 9.88 Å². The molecule has 1 aliphatic rings. The Morgan fingerprint density at radius 3 is 2.93 bits per heavy atom. The Hall–Kier alpha value is -1.35. The second-order valence-electron chi connectivity index (χ2n) is 3.32. The average Bonchev–Trinajstić information content (AvgIpc) is 2.51. The van der Waals surface area contributed by atoms with Gasteiger partial charge in [0.05, 0.1) is 17.8 Å². The fraction of sp³-hybridized carbons (Fsp3) is 0.364. The van der Waals surface area contributed by atoms with Gasteiger partial charge in [-0.15, -0.1) is 4.89 Å². The van der Waals surface area contributed by atoms with Gasteiger partial charge in [-0.2, -0.15) is 0 Å².